The Labute approximate surface area is 114 Å². The van der Waals surface area contributed by atoms with Gasteiger partial charge in [0.15, 0.2) is 0 Å². The van der Waals surface area contributed by atoms with Gasteiger partial charge in [0.05, 0.1) is 12.0 Å². The van der Waals surface area contributed by atoms with E-state index in [1.165, 1.54) is 31.4 Å². The molecular formula is C16H21FN2. The van der Waals surface area contributed by atoms with E-state index in [1.54, 1.807) is 0 Å². The molecule has 2 unspecified atom stereocenters. The summed E-state index contributed by atoms with van der Waals surface area (Å²) in [4.78, 5) is 0. The van der Waals surface area contributed by atoms with Crippen molar-refractivity contribution in [3.63, 3.8) is 0 Å². The summed E-state index contributed by atoms with van der Waals surface area (Å²) in [7, 11) is 0. The molecule has 0 radical (unpaired) electrons. The number of hydrogen-bond donors (Lipinski definition) is 1. The minimum absolute atomic E-state index is 0.149. The lowest BCUT2D eigenvalue weighted by Crippen LogP contribution is -2.36. The Morgan fingerprint density at radius 2 is 1.89 bits per heavy atom. The molecule has 2 rings (SSSR count). The molecule has 0 aromatic heterocycles. The monoisotopic (exact) mass is 260 g/mol. The van der Waals surface area contributed by atoms with Gasteiger partial charge in [0.2, 0.25) is 0 Å². The molecule has 0 bridgehead atoms. The van der Waals surface area contributed by atoms with Crippen molar-refractivity contribution in [1.29, 1.82) is 5.26 Å². The maximum atomic E-state index is 12.8. The summed E-state index contributed by atoms with van der Waals surface area (Å²) in [5.41, 5.74) is 1.14. The van der Waals surface area contributed by atoms with Crippen LogP contribution in [0.5, 0.6) is 0 Å². The standard InChI is InChI=1S/C16H21FN2/c17-15-8-6-13(7-9-15)10-11-19-16-5-3-1-2-4-14(16)12-18/h6-9,14,16,19H,1-5,10-11H2. The van der Waals surface area contributed by atoms with E-state index in [0.29, 0.717) is 6.04 Å². The molecule has 1 aliphatic carbocycles. The van der Waals surface area contributed by atoms with E-state index in [0.717, 1.165) is 31.4 Å². The van der Waals surface area contributed by atoms with Crippen LogP contribution in [-0.4, -0.2) is 12.6 Å². The molecule has 102 valence electrons. The normalized spacial score (nSPS) is 23.6. The first kappa shape index (κ1) is 14.0. The van der Waals surface area contributed by atoms with Gasteiger partial charge in [0.25, 0.3) is 0 Å². The number of rotatable bonds is 4. The molecule has 1 aromatic carbocycles. The molecule has 0 aliphatic heterocycles. The molecule has 1 saturated carbocycles. The summed E-state index contributed by atoms with van der Waals surface area (Å²) in [5, 5.41) is 12.7. The van der Waals surface area contributed by atoms with Crippen LogP contribution in [0.4, 0.5) is 4.39 Å². The van der Waals surface area contributed by atoms with Crippen LogP contribution in [0.2, 0.25) is 0 Å². The zero-order valence-corrected chi connectivity index (χ0v) is 11.2. The summed E-state index contributed by atoms with van der Waals surface area (Å²) in [6.45, 7) is 0.856. The smallest absolute Gasteiger partial charge is 0.123 e. The summed E-state index contributed by atoms with van der Waals surface area (Å²) >= 11 is 0. The fourth-order valence-corrected chi connectivity index (χ4v) is 2.76. The van der Waals surface area contributed by atoms with Crippen molar-refractivity contribution < 1.29 is 4.39 Å². The zero-order valence-electron chi connectivity index (χ0n) is 11.2. The molecule has 1 aliphatic rings. The van der Waals surface area contributed by atoms with E-state index in [-0.39, 0.29) is 11.7 Å². The van der Waals surface area contributed by atoms with E-state index < -0.39 is 0 Å². The minimum atomic E-state index is -0.190. The maximum absolute atomic E-state index is 12.8. The summed E-state index contributed by atoms with van der Waals surface area (Å²) in [6, 6.07) is 9.41. The molecule has 0 heterocycles. The van der Waals surface area contributed by atoms with Crippen molar-refractivity contribution in [2.75, 3.05) is 6.54 Å². The molecule has 3 heteroatoms. The molecule has 0 amide bonds. The van der Waals surface area contributed by atoms with E-state index >= 15 is 0 Å². The number of nitrogens with zero attached hydrogens (tertiary/aromatic N) is 1. The zero-order chi connectivity index (χ0) is 13.5. The van der Waals surface area contributed by atoms with E-state index in [1.807, 2.05) is 12.1 Å². The van der Waals surface area contributed by atoms with E-state index in [4.69, 9.17) is 0 Å². The number of benzene rings is 1. The molecule has 2 atom stereocenters. The maximum Gasteiger partial charge on any atom is 0.123 e. The average Bonchev–Trinajstić information content (AvgIpc) is 2.66. The van der Waals surface area contributed by atoms with E-state index in [9.17, 15) is 9.65 Å². The number of hydrogen-bond acceptors (Lipinski definition) is 2. The topological polar surface area (TPSA) is 35.8 Å². The molecular weight excluding hydrogens is 239 g/mol. The van der Waals surface area contributed by atoms with Crippen molar-refractivity contribution in [3.05, 3.63) is 35.6 Å². The van der Waals surface area contributed by atoms with Gasteiger partial charge >= 0.3 is 0 Å². The minimum Gasteiger partial charge on any atom is -0.312 e. The van der Waals surface area contributed by atoms with Crippen LogP contribution in [0.15, 0.2) is 24.3 Å². The number of nitrogens with one attached hydrogen (secondary N) is 1. The van der Waals surface area contributed by atoms with Crippen molar-refractivity contribution >= 4 is 0 Å². The quantitative estimate of drug-likeness (QED) is 0.842. The Balaban J connectivity index is 1.80. The van der Waals surface area contributed by atoms with Crippen molar-refractivity contribution in [2.45, 2.75) is 44.6 Å². The third-order valence-electron chi connectivity index (χ3n) is 3.92. The Morgan fingerprint density at radius 3 is 2.63 bits per heavy atom. The highest BCUT2D eigenvalue weighted by molar-refractivity contribution is 5.16. The van der Waals surface area contributed by atoms with Gasteiger partial charge < -0.3 is 5.32 Å². The van der Waals surface area contributed by atoms with Crippen LogP contribution in [0, 0.1) is 23.1 Å². The predicted octanol–water partition coefficient (Wildman–Crippen LogP) is 3.43. The molecule has 2 nitrogen and oxygen atoms in total. The van der Waals surface area contributed by atoms with Crippen LogP contribution < -0.4 is 5.32 Å². The number of nitriles is 1. The highest BCUT2D eigenvalue weighted by atomic mass is 19.1. The van der Waals surface area contributed by atoms with Crippen LogP contribution in [0.25, 0.3) is 0 Å². The van der Waals surface area contributed by atoms with Gasteiger partial charge in [-0.05, 0) is 43.5 Å². The average molecular weight is 260 g/mol. The van der Waals surface area contributed by atoms with Gasteiger partial charge in [0, 0.05) is 6.04 Å². The van der Waals surface area contributed by atoms with Crippen LogP contribution >= 0.6 is 0 Å². The third kappa shape index (κ3) is 4.33. The van der Waals surface area contributed by atoms with Gasteiger partial charge in [-0.25, -0.2) is 4.39 Å². The Hall–Kier alpha value is -1.40. The Kier molecular flexibility index (Phi) is 5.35. The molecule has 19 heavy (non-hydrogen) atoms. The Bertz CT molecular complexity index is 421. The predicted molar refractivity (Wildman–Crippen MR) is 74.1 cm³/mol. The van der Waals surface area contributed by atoms with Gasteiger partial charge in [-0.2, -0.15) is 5.26 Å². The van der Waals surface area contributed by atoms with Crippen LogP contribution in [-0.2, 0) is 6.42 Å². The fraction of sp³-hybridized carbons (Fsp3) is 0.562. The van der Waals surface area contributed by atoms with Gasteiger partial charge in [-0.1, -0.05) is 31.4 Å². The molecule has 0 saturated heterocycles. The largest absolute Gasteiger partial charge is 0.312 e. The summed E-state index contributed by atoms with van der Waals surface area (Å²) in [5.74, 6) is -0.0410. The lowest BCUT2D eigenvalue weighted by Gasteiger charge is -2.20. The third-order valence-corrected chi connectivity index (χ3v) is 3.92. The molecule has 1 N–H and O–H groups in total. The van der Waals surface area contributed by atoms with Crippen LogP contribution in [0.3, 0.4) is 0 Å². The first-order valence-electron chi connectivity index (χ1n) is 7.17. The molecule has 0 spiro atoms. The van der Waals surface area contributed by atoms with Crippen LogP contribution in [0.1, 0.15) is 37.7 Å². The van der Waals surface area contributed by atoms with Gasteiger partial charge in [-0.15, -0.1) is 0 Å². The highest BCUT2D eigenvalue weighted by Crippen LogP contribution is 2.22. The summed E-state index contributed by atoms with van der Waals surface area (Å²) < 4.78 is 12.8. The molecule has 1 fully saturated rings. The summed E-state index contributed by atoms with van der Waals surface area (Å²) in [6.07, 6.45) is 6.64. The number of halogens is 1. The lowest BCUT2D eigenvalue weighted by molar-refractivity contribution is 0.397. The second-order valence-corrected chi connectivity index (χ2v) is 5.31. The Morgan fingerprint density at radius 1 is 1.16 bits per heavy atom. The van der Waals surface area contributed by atoms with Crippen molar-refractivity contribution in [2.24, 2.45) is 5.92 Å². The van der Waals surface area contributed by atoms with Crippen molar-refractivity contribution in [3.8, 4) is 6.07 Å². The van der Waals surface area contributed by atoms with E-state index in [2.05, 4.69) is 11.4 Å². The second kappa shape index (κ2) is 7.25. The second-order valence-electron chi connectivity index (χ2n) is 5.31. The first-order chi connectivity index (χ1) is 9.29. The van der Waals surface area contributed by atoms with Crippen molar-refractivity contribution in [1.82, 2.24) is 5.32 Å². The van der Waals surface area contributed by atoms with Gasteiger partial charge in [0.1, 0.15) is 5.82 Å². The first-order valence-corrected chi connectivity index (χ1v) is 7.17. The lowest BCUT2D eigenvalue weighted by atomic mass is 9.96. The fourth-order valence-electron chi connectivity index (χ4n) is 2.76. The SMILES string of the molecule is N#CC1CCCCCC1NCCc1ccc(F)cc1. The van der Waals surface area contributed by atoms with Gasteiger partial charge in [-0.3, -0.25) is 0 Å². The highest BCUT2D eigenvalue weighted by Gasteiger charge is 2.22. The molecule has 1 aromatic rings.